The van der Waals surface area contributed by atoms with Gasteiger partial charge in [-0.15, -0.1) is 0 Å². The summed E-state index contributed by atoms with van der Waals surface area (Å²) in [5.41, 5.74) is 15.3. The van der Waals surface area contributed by atoms with E-state index < -0.39 is 13.1 Å². The van der Waals surface area contributed by atoms with Crippen LogP contribution in [0.25, 0.3) is 0 Å². The first kappa shape index (κ1) is 20.1. The molecule has 146 valence electrons. The van der Waals surface area contributed by atoms with Crippen molar-refractivity contribution in [3.05, 3.63) is 64.2 Å². The second kappa shape index (κ2) is 8.56. The number of ketones is 1. The first-order valence-corrected chi connectivity index (χ1v) is 9.20. The lowest BCUT2D eigenvalue weighted by atomic mass is 9.72. The smallest absolute Gasteiger partial charge is 0.534 e. The van der Waals surface area contributed by atoms with Gasteiger partial charge in [0.1, 0.15) is 5.75 Å². The van der Waals surface area contributed by atoms with Crippen LogP contribution in [0.1, 0.15) is 39.5 Å². The number of hydrogen-bond donors (Lipinski definition) is 4. The van der Waals surface area contributed by atoms with Crippen molar-refractivity contribution in [3.8, 4) is 5.75 Å². The molecule has 0 fully saturated rings. The lowest BCUT2D eigenvalue weighted by Gasteiger charge is -2.29. The van der Waals surface area contributed by atoms with Crippen LogP contribution >= 0.6 is 0 Å². The predicted octanol–water partition coefficient (Wildman–Crippen LogP) is 0.489. The van der Waals surface area contributed by atoms with E-state index in [-0.39, 0.29) is 18.1 Å². The highest BCUT2D eigenvalue weighted by Crippen LogP contribution is 2.30. The maximum atomic E-state index is 12.5. The highest BCUT2D eigenvalue weighted by Gasteiger charge is 2.37. The second-order valence-electron chi connectivity index (χ2n) is 6.92. The van der Waals surface area contributed by atoms with E-state index in [1.165, 1.54) is 6.92 Å². The molecule has 1 atom stereocenters. The van der Waals surface area contributed by atoms with Crippen molar-refractivity contribution in [2.75, 3.05) is 0 Å². The zero-order valence-electron chi connectivity index (χ0n) is 15.8. The summed E-state index contributed by atoms with van der Waals surface area (Å²) in [6, 6.07) is 10.9. The van der Waals surface area contributed by atoms with Crippen LogP contribution in [0.2, 0.25) is 0 Å². The van der Waals surface area contributed by atoms with E-state index >= 15 is 0 Å². The monoisotopic (exact) mass is 381 g/mol. The highest BCUT2D eigenvalue weighted by molar-refractivity contribution is 6.47. The number of fused-ring (bicyclic) bond motifs is 1. The number of rotatable bonds is 6. The van der Waals surface area contributed by atoms with Gasteiger partial charge in [0.25, 0.3) is 0 Å². The van der Waals surface area contributed by atoms with E-state index in [9.17, 15) is 14.6 Å². The third kappa shape index (κ3) is 4.25. The molecule has 8 heteroatoms. The Morgan fingerprint density at radius 1 is 1.21 bits per heavy atom. The Morgan fingerprint density at radius 2 is 2.00 bits per heavy atom. The second-order valence-corrected chi connectivity index (χ2v) is 6.92. The number of hydrogen-bond acceptors (Lipinski definition) is 6. The van der Waals surface area contributed by atoms with Gasteiger partial charge in [-0.05, 0) is 41.7 Å². The van der Waals surface area contributed by atoms with Crippen molar-refractivity contribution < 1.29 is 19.3 Å². The average molecular weight is 381 g/mol. The Morgan fingerprint density at radius 3 is 2.68 bits per heavy atom. The van der Waals surface area contributed by atoms with Gasteiger partial charge < -0.3 is 26.5 Å². The van der Waals surface area contributed by atoms with Crippen molar-refractivity contribution >= 4 is 18.8 Å². The van der Waals surface area contributed by atoms with Gasteiger partial charge in [-0.2, -0.15) is 0 Å². The largest absolute Gasteiger partial charge is 0.547 e. The van der Waals surface area contributed by atoms with Crippen molar-refractivity contribution in [3.63, 3.8) is 0 Å². The lowest BCUT2D eigenvalue weighted by Crippen LogP contribution is -2.53. The minimum absolute atomic E-state index is 0.137. The van der Waals surface area contributed by atoms with Crippen LogP contribution in [0.4, 0.5) is 0 Å². The van der Waals surface area contributed by atoms with E-state index in [1.54, 1.807) is 12.1 Å². The number of amides is 1. The zero-order chi connectivity index (χ0) is 20.3. The van der Waals surface area contributed by atoms with Crippen LogP contribution in [0.15, 0.2) is 36.4 Å². The van der Waals surface area contributed by atoms with Crippen molar-refractivity contribution in [1.82, 2.24) is 5.32 Å². The van der Waals surface area contributed by atoms with Crippen LogP contribution < -0.4 is 21.4 Å². The minimum atomic E-state index is -1.23. The molecule has 3 rings (SSSR count). The molecular weight excluding hydrogens is 357 g/mol. The molecule has 2 aromatic carbocycles. The Kier molecular flexibility index (Phi) is 6.13. The molecule has 1 heterocycles. The molecule has 28 heavy (non-hydrogen) atoms. The Bertz CT molecular complexity index is 903. The fourth-order valence-electron chi connectivity index (χ4n) is 3.42. The molecule has 1 aliphatic rings. The summed E-state index contributed by atoms with van der Waals surface area (Å²) < 4.78 is 5.55. The maximum absolute atomic E-state index is 12.5. The Labute approximate surface area is 164 Å². The van der Waals surface area contributed by atoms with Gasteiger partial charge in [-0.25, -0.2) is 0 Å². The zero-order valence-corrected chi connectivity index (χ0v) is 15.8. The number of para-hydroxylation sites is 1. The molecule has 7 nitrogen and oxygen atoms in total. The third-order valence-corrected chi connectivity index (χ3v) is 4.92. The molecule has 0 radical (unpaired) electrons. The van der Waals surface area contributed by atoms with E-state index in [1.807, 2.05) is 24.3 Å². The predicted molar refractivity (Wildman–Crippen MR) is 107 cm³/mol. The molecule has 0 aliphatic carbocycles. The molecule has 2 aromatic rings. The molecule has 1 aliphatic heterocycles. The molecule has 0 spiro atoms. The van der Waals surface area contributed by atoms with E-state index in [4.69, 9.17) is 16.1 Å². The van der Waals surface area contributed by atoms with Crippen molar-refractivity contribution in [2.24, 2.45) is 11.5 Å². The van der Waals surface area contributed by atoms with E-state index in [0.29, 0.717) is 30.8 Å². The Balaban J connectivity index is 1.72. The first-order chi connectivity index (χ1) is 13.4. The molecule has 1 amide bonds. The molecule has 0 aromatic heterocycles. The van der Waals surface area contributed by atoms with Crippen LogP contribution in [0.5, 0.6) is 5.75 Å². The van der Waals surface area contributed by atoms with Crippen LogP contribution in [0, 0.1) is 0 Å². The van der Waals surface area contributed by atoms with Gasteiger partial charge in [0.05, 0.1) is 17.9 Å². The quantitative estimate of drug-likeness (QED) is 0.426. The van der Waals surface area contributed by atoms with E-state index in [2.05, 4.69) is 5.32 Å². The summed E-state index contributed by atoms with van der Waals surface area (Å²) >= 11 is 0. The van der Waals surface area contributed by atoms with Crippen molar-refractivity contribution in [1.29, 1.82) is 0 Å². The molecular formula is C20H24BN3O4. The van der Waals surface area contributed by atoms with Crippen LogP contribution in [0.3, 0.4) is 0 Å². The van der Waals surface area contributed by atoms with E-state index in [0.717, 1.165) is 22.3 Å². The molecule has 0 saturated carbocycles. The van der Waals surface area contributed by atoms with Crippen molar-refractivity contribution in [2.45, 2.75) is 38.8 Å². The molecule has 6 N–H and O–H groups in total. The van der Waals surface area contributed by atoms with Gasteiger partial charge in [-0.3, -0.25) is 9.59 Å². The fraction of sp³-hybridized carbons (Fsp3) is 0.300. The van der Waals surface area contributed by atoms with Gasteiger partial charge in [0.15, 0.2) is 5.78 Å². The average Bonchev–Trinajstić information content (AvgIpc) is 2.68. The standard InChI is InChI=1S/C20H24BN3O4/c1-12(25)17-4-2-3-15-8-18(21(27)28-20(15)17)24-19(26)9-14-6-5-13(10-22)7-16(14)11-23/h2-7,18,27H,8-11,22-23H2,1H3,(H,24,26)/t18-/m0/s1. The number of carbonyl (C=O) groups excluding carboxylic acids is 2. The van der Waals surface area contributed by atoms with Gasteiger partial charge in [-0.1, -0.05) is 30.3 Å². The normalized spacial score (nSPS) is 15.6. The number of nitrogens with one attached hydrogen (secondary N) is 1. The Hall–Kier alpha value is -2.68. The highest BCUT2D eigenvalue weighted by atomic mass is 16.5. The topological polar surface area (TPSA) is 128 Å². The number of benzene rings is 2. The maximum Gasteiger partial charge on any atom is 0.547 e. The number of Topliss-reactive ketones (excluding diaryl/α,β-unsaturated/α-hetero) is 1. The van der Waals surface area contributed by atoms with Gasteiger partial charge >= 0.3 is 7.12 Å². The molecule has 0 unspecified atom stereocenters. The minimum Gasteiger partial charge on any atom is -0.534 e. The number of carbonyl (C=O) groups is 2. The SMILES string of the molecule is CC(=O)c1cccc2c1OB(O)[C@@H](NC(=O)Cc1ccc(CN)cc1CN)C2. The number of nitrogens with two attached hydrogens (primary N) is 2. The molecule has 0 bridgehead atoms. The lowest BCUT2D eigenvalue weighted by molar-refractivity contribution is -0.120. The van der Waals surface area contributed by atoms with Gasteiger partial charge in [0, 0.05) is 13.1 Å². The fourth-order valence-corrected chi connectivity index (χ4v) is 3.42. The first-order valence-electron chi connectivity index (χ1n) is 9.20. The van der Waals surface area contributed by atoms with Gasteiger partial charge in [0.2, 0.25) is 5.91 Å². The summed E-state index contributed by atoms with van der Waals surface area (Å²) in [4.78, 5) is 24.3. The molecule has 0 saturated heterocycles. The summed E-state index contributed by atoms with van der Waals surface area (Å²) in [6.45, 7) is 2.17. The summed E-state index contributed by atoms with van der Waals surface area (Å²) in [6.07, 6.45) is 0.514. The van der Waals surface area contributed by atoms with Crippen LogP contribution in [-0.4, -0.2) is 29.8 Å². The summed E-state index contributed by atoms with van der Waals surface area (Å²) in [5, 5.41) is 13.1. The third-order valence-electron chi connectivity index (χ3n) is 4.92. The summed E-state index contributed by atoms with van der Waals surface area (Å²) in [5.74, 6) is -0.599. The summed E-state index contributed by atoms with van der Waals surface area (Å²) in [7, 11) is -1.23. The van der Waals surface area contributed by atoms with Crippen LogP contribution in [-0.2, 0) is 30.7 Å².